The van der Waals surface area contributed by atoms with Crippen molar-refractivity contribution in [2.45, 2.75) is 25.2 Å². The number of hydrogen-bond acceptors (Lipinski definition) is 6. The monoisotopic (exact) mass is 410 g/mol. The van der Waals surface area contributed by atoms with Crippen molar-refractivity contribution in [2.24, 2.45) is 0 Å². The Balaban J connectivity index is 1.98. The number of methoxy groups -OCH3 is 1. The number of rotatable bonds is 6. The van der Waals surface area contributed by atoms with Crippen LogP contribution in [0.1, 0.15) is 27.2 Å². The van der Waals surface area contributed by atoms with E-state index >= 15 is 0 Å². The first-order valence-corrected chi connectivity index (χ1v) is 9.79. The summed E-state index contributed by atoms with van der Waals surface area (Å²) in [5.74, 6) is -0.680. The molecule has 2 aromatic rings. The lowest BCUT2D eigenvalue weighted by molar-refractivity contribution is -0.115. The molecule has 27 heavy (non-hydrogen) atoms. The standard InChI is InChI=1S/C18H19FN2O4S2/c1-10-11(2)27-17(15(10)16(23)21-18(24)25-3)20-14(22)8-9-26-13-6-4-12(19)5-7-13/h4-7H,8-9H2,1-3H3,(H,20,22)(H,21,23,24). The molecule has 0 unspecified atom stereocenters. The first-order valence-electron chi connectivity index (χ1n) is 7.99. The minimum absolute atomic E-state index is 0.218. The number of carbonyl (C=O) groups excluding carboxylic acids is 3. The summed E-state index contributed by atoms with van der Waals surface area (Å²) in [6, 6.07) is 6.04. The Labute approximate surface area is 164 Å². The summed E-state index contributed by atoms with van der Waals surface area (Å²) < 4.78 is 17.3. The maximum atomic E-state index is 12.9. The number of benzene rings is 1. The molecule has 0 saturated heterocycles. The zero-order valence-corrected chi connectivity index (χ0v) is 16.7. The smallest absolute Gasteiger partial charge is 0.413 e. The molecule has 0 aliphatic rings. The Morgan fingerprint density at radius 1 is 1.19 bits per heavy atom. The first kappa shape index (κ1) is 20.9. The summed E-state index contributed by atoms with van der Waals surface area (Å²) in [7, 11) is 1.16. The molecule has 0 radical (unpaired) electrons. The summed E-state index contributed by atoms with van der Waals surface area (Å²) in [6.45, 7) is 3.58. The van der Waals surface area contributed by atoms with Crippen molar-refractivity contribution in [2.75, 3.05) is 18.2 Å². The number of alkyl carbamates (subject to hydrolysis) is 1. The lowest BCUT2D eigenvalue weighted by atomic mass is 10.1. The van der Waals surface area contributed by atoms with E-state index in [1.807, 2.05) is 6.92 Å². The fraction of sp³-hybridized carbons (Fsp3) is 0.278. The van der Waals surface area contributed by atoms with Gasteiger partial charge in [-0.1, -0.05) is 0 Å². The highest BCUT2D eigenvalue weighted by Gasteiger charge is 2.22. The molecular weight excluding hydrogens is 391 g/mol. The number of thioether (sulfide) groups is 1. The van der Waals surface area contributed by atoms with Crippen LogP contribution < -0.4 is 10.6 Å². The van der Waals surface area contributed by atoms with E-state index in [9.17, 15) is 18.8 Å². The Morgan fingerprint density at radius 3 is 2.48 bits per heavy atom. The molecule has 0 atom stereocenters. The third kappa shape index (κ3) is 5.80. The summed E-state index contributed by atoms with van der Waals surface area (Å²) in [5, 5.41) is 5.23. The number of thiophene rings is 1. The maximum absolute atomic E-state index is 12.9. The molecule has 144 valence electrons. The molecule has 2 N–H and O–H groups in total. The second-order valence-electron chi connectivity index (χ2n) is 5.53. The molecule has 0 saturated carbocycles. The molecule has 9 heteroatoms. The fourth-order valence-corrected chi connectivity index (χ4v) is 4.10. The minimum Gasteiger partial charge on any atom is -0.453 e. The SMILES string of the molecule is COC(=O)NC(=O)c1c(NC(=O)CCSc2ccc(F)cc2)sc(C)c1C. The molecule has 1 aromatic heterocycles. The molecular formula is C18H19FN2O4S2. The molecule has 0 aliphatic heterocycles. The number of halogens is 1. The molecule has 0 bridgehead atoms. The van der Waals surface area contributed by atoms with E-state index in [2.05, 4.69) is 15.4 Å². The largest absolute Gasteiger partial charge is 0.453 e. The number of imide groups is 1. The van der Waals surface area contributed by atoms with Gasteiger partial charge in [-0.15, -0.1) is 23.1 Å². The number of aryl methyl sites for hydroxylation is 1. The summed E-state index contributed by atoms with van der Waals surface area (Å²) in [5.41, 5.74) is 0.944. The van der Waals surface area contributed by atoms with Crippen molar-refractivity contribution >= 4 is 46.0 Å². The quantitative estimate of drug-likeness (QED) is 0.700. The zero-order valence-electron chi connectivity index (χ0n) is 15.1. The highest BCUT2D eigenvalue weighted by molar-refractivity contribution is 7.99. The van der Waals surface area contributed by atoms with Crippen LogP contribution in [0.2, 0.25) is 0 Å². The van der Waals surface area contributed by atoms with Crippen LogP contribution in [-0.4, -0.2) is 30.8 Å². The molecule has 1 aromatic carbocycles. The molecule has 2 rings (SSSR count). The Kier molecular flexibility index (Phi) is 7.37. The number of hydrogen-bond donors (Lipinski definition) is 2. The molecule has 0 spiro atoms. The van der Waals surface area contributed by atoms with E-state index in [4.69, 9.17) is 0 Å². The van der Waals surface area contributed by atoms with E-state index in [0.29, 0.717) is 16.3 Å². The second kappa shape index (κ2) is 9.52. The topological polar surface area (TPSA) is 84.5 Å². The number of ether oxygens (including phenoxy) is 1. The van der Waals surface area contributed by atoms with Gasteiger partial charge in [0, 0.05) is 21.9 Å². The van der Waals surface area contributed by atoms with Crippen molar-refractivity contribution in [3.8, 4) is 0 Å². The summed E-state index contributed by atoms with van der Waals surface area (Å²) in [4.78, 5) is 37.5. The number of amides is 3. The zero-order chi connectivity index (χ0) is 20.0. The van der Waals surface area contributed by atoms with Gasteiger partial charge in [-0.25, -0.2) is 9.18 Å². The number of anilines is 1. The summed E-state index contributed by atoms with van der Waals surface area (Å²) >= 11 is 2.70. The molecule has 0 aliphatic carbocycles. The van der Waals surface area contributed by atoms with Gasteiger partial charge in [-0.3, -0.25) is 14.9 Å². The Morgan fingerprint density at radius 2 is 1.85 bits per heavy atom. The molecule has 1 heterocycles. The van der Waals surface area contributed by atoms with Crippen molar-refractivity contribution in [1.82, 2.24) is 5.32 Å². The van der Waals surface area contributed by atoms with Gasteiger partial charge >= 0.3 is 6.09 Å². The first-order chi connectivity index (χ1) is 12.8. The van der Waals surface area contributed by atoms with Crippen molar-refractivity contribution in [1.29, 1.82) is 0 Å². The van der Waals surface area contributed by atoms with Crippen LogP contribution in [0.3, 0.4) is 0 Å². The van der Waals surface area contributed by atoms with Crippen LogP contribution in [-0.2, 0) is 9.53 Å². The van der Waals surface area contributed by atoms with Crippen LogP contribution in [0.25, 0.3) is 0 Å². The fourth-order valence-electron chi connectivity index (χ4n) is 2.18. The van der Waals surface area contributed by atoms with Gasteiger partial charge in [0.1, 0.15) is 10.8 Å². The van der Waals surface area contributed by atoms with Gasteiger partial charge in [0.15, 0.2) is 0 Å². The molecule has 3 amide bonds. The molecule has 0 fully saturated rings. The van der Waals surface area contributed by atoms with Crippen LogP contribution >= 0.6 is 23.1 Å². The second-order valence-corrected chi connectivity index (χ2v) is 7.93. The van der Waals surface area contributed by atoms with E-state index < -0.39 is 12.0 Å². The van der Waals surface area contributed by atoms with Crippen LogP contribution in [0.15, 0.2) is 29.2 Å². The predicted molar refractivity (Wildman–Crippen MR) is 104 cm³/mol. The van der Waals surface area contributed by atoms with Crippen LogP contribution in [0, 0.1) is 19.7 Å². The van der Waals surface area contributed by atoms with E-state index in [0.717, 1.165) is 16.9 Å². The van der Waals surface area contributed by atoms with Crippen molar-refractivity contribution in [3.63, 3.8) is 0 Å². The van der Waals surface area contributed by atoms with Gasteiger partial charge in [0.05, 0.1) is 12.7 Å². The average Bonchev–Trinajstić information content (AvgIpc) is 2.90. The van der Waals surface area contributed by atoms with Crippen LogP contribution in [0.4, 0.5) is 14.2 Å². The number of carbonyl (C=O) groups is 3. The van der Waals surface area contributed by atoms with Crippen molar-refractivity contribution in [3.05, 3.63) is 46.1 Å². The average molecular weight is 410 g/mol. The maximum Gasteiger partial charge on any atom is 0.413 e. The van der Waals surface area contributed by atoms with E-state index in [-0.39, 0.29) is 23.7 Å². The highest BCUT2D eigenvalue weighted by Crippen LogP contribution is 2.32. The summed E-state index contributed by atoms with van der Waals surface area (Å²) in [6.07, 6.45) is -0.646. The van der Waals surface area contributed by atoms with Crippen LogP contribution in [0.5, 0.6) is 0 Å². The molecule has 6 nitrogen and oxygen atoms in total. The van der Waals surface area contributed by atoms with E-state index in [1.165, 1.54) is 35.2 Å². The Bertz CT molecular complexity index is 850. The van der Waals surface area contributed by atoms with Gasteiger partial charge in [0.2, 0.25) is 5.91 Å². The van der Waals surface area contributed by atoms with Gasteiger partial charge < -0.3 is 10.1 Å². The highest BCUT2D eigenvalue weighted by atomic mass is 32.2. The normalized spacial score (nSPS) is 10.4. The van der Waals surface area contributed by atoms with Gasteiger partial charge in [-0.2, -0.15) is 0 Å². The third-order valence-electron chi connectivity index (χ3n) is 3.68. The number of nitrogens with one attached hydrogen (secondary N) is 2. The lowest BCUT2D eigenvalue weighted by Crippen LogP contribution is -2.31. The predicted octanol–water partition coefficient (Wildman–Crippen LogP) is 4.12. The van der Waals surface area contributed by atoms with Gasteiger partial charge in [0.25, 0.3) is 5.91 Å². The minimum atomic E-state index is -0.865. The Hall–Kier alpha value is -2.39. The van der Waals surface area contributed by atoms with Crippen molar-refractivity contribution < 1.29 is 23.5 Å². The lowest BCUT2D eigenvalue weighted by Gasteiger charge is -2.07. The third-order valence-corrected chi connectivity index (χ3v) is 5.81. The van der Waals surface area contributed by atoms with Gasteiger partial charge in [-0.05, 0) is 43.7 Å². The van der Waals surface area contributed by atoms with E-state index in [1.54, 1.807) is 19.1 Å².